The first-order valence-corrected chi connectivity index (χ1v) is 16.2. The first-order chi connectivity index (χ1) is 18.6. The largest absolute Gasteiger partial charge is 0.489 e. The van der Waals surface area contributed by atoms with Gasteiger partial charge in [-0.05, 0) is 35.9 Å². The van der Waals surface area contributed by atoms with Gasteiger partial charge in [0, 0.05) is 46.8 Å². The molecule has 0 spiro atoms. The molecule has 0 aliphatic rings. The van der Waals surface area contributed by atoms with Gasteiger partial charge in [-0.25, -0.2) is 14.3 Å². The number of nitrogens with one attached hydrogen (secondary N) is 1. The molecule has 0 radical (unpaired) electrons. The van der Waals surface area contributed by atoms with Crippen LogP contribution in [-0.4, -0.2) is 64.5 Å². The van der Waals surface area contributed by atoms with E-state index in [1.54, 1.807) is 49.3 Å². The van der Waals surface area contributed by atoms with Gasteiger partial charge in [-0.15, -0.1) is 10.2 Å². The Morgan fingerprint density at radius 1 is 1.00 bits per heavy atom. The second-order valence-electron chi connectivity index (χ2n) is 10.2. The van der Waals surface area contributed by atoms with Crippen LogP contribution in [0, 0.1) is 11.9 Å². The van der Waals surface area contributed by atoms with E-state index in [1.807, 2.05) is 0 Å². The van der Waals surface area contributed by atoms with Gasteiger partial charge >= 0.3 is 0 Å². The monoisotopic (exact) mass is 557 g/mol. The first kappa shape index (κ1) is 28.3. The van der Waals surface area contributed by atoms with Gasteiger partial charge in [0.15, 0.2) is 5.82 Å². The van der Waals surface area contributed by atoms with Gasteiger partial charge in [-0.1, -0.05) is 25.7 Å². The van der Waals surface area contributed by atoms with Crippen LogP contribution >= 0.6 is 0 Å². The summed E-state index contributed by atoms with van der Waals surface area (Å²) in [4.78, 5) is 8.16. The average molecular weight is 558 g/mol. The van der Waals surface area contributed by atoms with Crippen molar-refractivity contribution in [1.82, 2.24) is 29.5 Å². The predicted molar refractivity (Wildman–Crippen MR) is 147 cm³/mol. The molecule has 0 aliphatic carbocycles. The van der Waals surface area contributed by atoms with Gasteiger partial charge in [0.2, 0.25) is 17.8 Å². The lowest BCUT2D eigenvalue weighted by Crippen LogP contribution is -2.22. The van der Waals surface area contributed by atoms with Crippen molar-refractivity contribution in [3.8, 4) is 28.3 Å². The predicted octanol–water partition coefficient (Wildman–Crippen LogP) is 5.10. The molecule has 0 saturated carbocycles. The number of nitrogens with zero attached hydrogens (tertiary/aromatic N) is 6. The Bertz CT molecular complexity index is 1390. The third-order valence-electron chi connectivity index (χ3n) is 5.77. The average Bonchev–Trinajstić information content (AvgIpc) is 3.44. The maximum atomic E-state index is 14.8. The fourth-order valence-corrected chi connectivity index (χ4v) is 4.34. The SMILES string of the molecule is COCCOc1cc(-c2cn(COCC[Si](C)(C)C)nc2F)ccc1Nc1nc(-c2ccc(F)nc2)nn1C. The van der Waals surface area contributed by atoms with Crippen molar-refractivity contribution in [2.75, 3.05) is 32.2 Å². The van der Waals surface area contributed by atoms with Crippen LogP contribution in [-0.2, 0) is 23.3 Å². The number of ether oxygens (including phenoxy) is 3. The van der Waals surface area contributed by atoms with E-state index in [9.17, 15) is 8.78 Å². The number of hydrogen-bond donors (Lipinski definition) is 1. The number of methoxy groups -OCH3 is 1. The van der Waals surface area contributed by atoms with Crippen molar-refractivity contribution in [3.05, 3.63) is 54.6 Å². The van der Waals surface area contributed by atoms with Gasteiger partial charge in [-0.2, -0.15) is 13.8 Å². The van der Waals surface area contributed by atoms with Crippen LogP contribution in [0.3, 0.4) is 0 Å². The van der Waals surface area contributed by atoms with Crippen LogP contribution in [0.4, 0.5) is 20.4 Å². The van der Waals surface area contributed by atoms with E-state index in [0.29, 0.717) is 53.1 Å². The summed E-state index contributed by atoms with van der Waals surface area (Å²) in [6.45, 7) is 8.28. The molecule has 39 heavy (non-hydrogen) atoms. The molecule has 0 bridgehead atoms. The highest BCUT2D eigenvalue weighted by Crippen LogP contribution is 2.34. The van der Waals surface area contributed by atoms with Gasteiger partial charge < -0.3 is 19.5 Å². The van der Waals surface area contributed by atoms with Crippen LogP contribution in [0.5, 0.6) is 5.75 Å². The fourth-order valence-electron chi connectivity index (χ4n) is 3.59. The molecule has 208 valence electrons. The van der Waals surface area contributed by atoms with E-state index < -0.39 is 20.0 Å². The Hall–Kier alpha value is -3.68. The molecular weight excluding hydrogens is 524 g/mol. The molecule has 0 amide bonds. The summed E-state index contributed by atoms with van der Waals surface area (Å²) in [5, 5.41) is 11.6. The van der Waals surface area contributed by atoms with Crippen molar-refractivity contribution in [2.24, 2.45) is 7.05 Å². The standard InChI is InChI=1S/C26H33F2N7O3Si/c1-34-26(31-25(33-34)19-7-9-23(27)29-15-19)30-21-8-6-18(14-22(21)38-11-10-36-2)20-16-35(32-24(20)28)17-37-12-13-39(3,4)5/h6-9,14-16H,10-13,17H2,1-5H3,(H,30,31,33). The minimum atomic E-state index is -1.21. The Kier molecular flexibility index (Phi) is 9.04. The third-order valence-corrected chi connectivity index (χ3v) is 7.47. The highest BCUT2D eigenvalue weighted by molar-refractivity contribution is 6.76. The Morgan fingerprint density at radius 3 is 2.51 bits per heavy atom. The minimum Gasteiger partial charge on any atom is -0.489 e. The lowest BCUT2D eigenvalue weighted by atomic mass is 10.1. The molecule has 4 rings (SSSR count). The number of aryl methyl sites for hydroxylation is 1. The van der Waals surface area contributed by atoms with Crippen LogP contribution < -0.4 is 10.1 Å². The van der Waals surface area contributed by atoms with E-state index >= 15 is 0 Å². The lowest BCUT2D eigenvalue weighted by Gasteiger charge is -2.15. The molecule has 0 unspecified atom stereocenters. The van der Waals surface area contributed by atoms with Crippen LogP contribution in [0.25, 0.3) is 22.5 Å². The molecule has 0 aliphatic heterocycles. The summed E-state index contributed by atoms with van der Waals surface area (Å²) >= 11 is 0. The number of hydrogen-bond acceptors (Lipinski definition) is 8. The quantitative estimate of drug-likeness (QED) is 0.138. The summed E-state index contributed by atoms with van der Waals surface area (Å²) in [5.74, 6) is 0.0949. The highest BCUT2D eigenvalue weighted by atomic mass is 28.3. The summed E-state index contributed by atoms with van der Waals surface area (Å²) in [7, 11) is 2.10. The van der Waals surface area contributed by atoms with Crippen molar-refractivity contribution in [1.29, 1.82) is 0 Å². The molecule has 3 aromatic heterocycles. The number of anilines is 2. The Labute approximate surface area is 227 Å². The first-order valence-electron chi connectivity index (χ1n) is 12.5. The van der Waals surface area contributed by atoms with Crippen molar-refractivity contribution in [2.45, 2.75) is 32.4 Å². The summed E-state index contributed by atoms with van der Waals surface area (Å²) < 4.78 is 47.8. The normalized spacial score (nSPS) is 11.7. The van der Waals surface area contributed by atoms with Crippen molar-refractivity contribution in [3.63, 3.8) is 0 Å². The molecule has 3 heterocycles. The maximum absolute atomic E-state index is 14.8. The molecule has 0 atom stereocenters. The zero-order chi connectivity index (χ0) is 28.0. The number of halogens is 2. The van der Waals surface area contributed by atoms with Crippen LogP contribution in [0.1, 0.15) is 0 Å². The molecule has 1 N–H and O–H groups in total. The third kappa shape index (κ3) is 7.68. The van der Waals surface area contributed by atoms with E-state index in [2.05, 4.69) is 45.1 Å². The minimum absolute atomic E-state index is 0.177. The smallest absolute Gasteiger partial charge is 0.240 e. The molecule has 10 nitrogen and oxygen atoms in total. The molecule has 1 aromatic carbocycles. The van der Waals surface area contributed by atoms with Crippen LogP contribution in [0.2, 0.25) is 25.7 Å². The number of aromatic nitrogens is 6. The van der Waals surface area contributed by atoms with E-state index in [0.717, 1.165) is 6.04 Å². The number of rotatable bonds is 13. The van der Waals surface area contributed by atoms with E-state index in [1.165, 1.54) is 16.9 Å². The molecule has 13 heteroatoms. The second-order valence-corrected chi connectivity index (χ2v) is 15.8. The Morgan fingerprint density at radius 2 is 1.79 bits per heavy atom. The molecule has 4 aromatic rings. The molecule has 0 saturated heterocycles. The van der Waals surface area contributed by atoms with E-state index in [-0.39, 0.29) is 13.3 Å². The fraction of sp³-hybridized carbons (Fsp3) is 0.385. The van der Waals surface area contributed by atoms with Gasteiger partial charge in [-0.3, -0.25) is 0 Å². The number of pyridine rings is 1. The van der Waals surface area contributed by atoms with Gasteiger partial charge in [0.05, 0.1) is 17.9 Å². The highest BCUT2D eigenvalue weighted by Gasteiger charge is 2.17. The summed E-state index contributed by atoms with van der Waals surface area (Å²) in [6.07, 6.45) is 2.99. The van der Waals surface area contributed by atoms with Gasteiger partial charge in [0.1, 0.15) is 19.1 Å². The molecular formula is C26H33F2N7O3Si. The number of benzene rings is 1. The van der Waals surface area contributed by atoms with Crippen molar-refractivity contribution < 1.29 is 23.0 Å². The summed E-state index contributed by atoms with van der Waals surface area (Å²) in [6, 6.07) is 9.10. The van der Waals surface area contributed by atoms with Gasteiger partial charge in [0.25, 0.3) is 0 Å². The maximum Gasteiger partial charge on any atom is 0.240 e. The van der Waals surface area contributed by atoms with Crippen molar-refractivity contribution >= 4 is 19.7 Å². The molecule has 0 fully saturated rings. The zero-order valence-corrected chi connectivity index (χ0v) is 23.7. The topological polar surface area (TPSA) is 101 Å². The Balaban J connectivity index is 1.54. The second kappa shape index (κ2) is 12.4. The lowest BCUT2D eigenvalue weighted by molar-refractivity contribution is 0.0774. The zero-order valence-electron chi connectivity index (χ0n) is 22.7. The summed E-state index contributed by atoms with van der Waals surface area (Å²) in [5.41, 5.74) is 2.09. The van der Waals surface area contributed by atoms with E-state index in [4.69, 9.17) is 14.2 Å². The van der Waals surface area contributed by atoms with Crippen LogP contribution in [0.15, 0.2) is 42.7 Å².